The zero-order valence-corrected chi connectivity index (χ0v) is 23.7. The zero-order chi connectivity index (χ0) is 26.1. The fourth-order valence-corrected chi connectivity index (χ4v) is 9.72. The van der Waals surface area contributed by atoms with Crippen molar-refractivity contribution in [3.05, 3.63) is 114 Å². The van der Waals surface area contributed by atoms with E-state index < -0.39 is 17.8 Å². The molecule has 186 valence electrons. The van der Waals surface area contributed by atoms with Crippen LogP contribution in [-0.2, 0) is 20.7 Å². The Kier molecular flexibility index (Phi) is 7.28. The van der Waals surface area contributed by atoms with Gasteiger partial charge in [-0.3, -0.25) is 0 Å². The van der Waals surface area contributed by atoms with Crippen LogP contribution in [0.15, 0.2) is 113 Å². The van der Waals surface area contributed by atoms with E-state index in [0.717, 1.165) is 27.0 Å². The van der Waals surface area contributed by atoms with Gasteiger partial charge in [0.15, 0.2) is 0 Å². The SMILES string of the molecule is CC(C)(C)c1ccccc1S(=O)(=O)c1c(P(c2ccccc2)c2ccccc2)cccc1C(C)(C)C. The molecule has 0 atom stereocenters. The molecule has 0 saturated heterocycles. The topological polar surface area (TPSA) is 34.1 Å². The fourth-order valence-electron chi connectivity index (χ4n) is 4.59. The molecule has 0 saturated carbocycles. The summed E-state index contributed by atoms with van der Waals surface area (Å²) >= 11 is 0. The lowest BCUT2D eigenvalue weighted by molar-refractivity contribution is 0.552. The van der Waals surface area contributed by atoms with E-state index in [0.29, 0.717) is 9.79 Å². The van der Waals surface area contributed by atoms with Crippen LogP contribution in [0.1, 0.15) is 52.7 Å². The Hall–Kier alpha value is -2.74. The molecule has 4 aromatic rings. The van der Waals surface area contributed by atoms with Crippen molar-refractivity contribution in [2.24, 2.45) is 0 Å². The zero-order valence-electron chi connectivity index (χ0n) is 22.0. The maximum Gasteiger partial charge on any atom is 0.207 e. The van der Waals surface area contributed by atoms with Crippen molar-refractivity contribution in [2.45, 2.75) is 62.2 Å². The molecule has 0 N–H and O–H groups in total. The van der Waals surface area contributed by atoms with Crippen LogP contribution in [0.3, 0.4) is 0 Å². The van der Waals surface area contributed by atoms with Crippen molar-refractivity contribution >= 4 is 33.7 Å². The summed E-state index contributed by atoms with van der Waals surface area (Å²) in [6.45, 7) is 12.5. The number of rotatable bonds is 5. The first-order valence-electron chi connectivity index (χ1n) is 12.3. The maximum atomic E-state index is 14.8. The first-order valence-corrected chi connectivity index (χ1v) is 15.1. The highest BCUT2D eigenvalue weighted by Crippen LogP contribution is 2.42. The van der Waals surface area contributed by atoms with Gasteiger partial charge in [-0.1, -0.05) is 139 Å². The Balaban J connectivity index is 2.12. The highest BCUT2D eigenvalue weighted by atomic mass is 32.2. The molecule has 36 heavy (non-hydrogen) atoms. The second kappa shape index (κ2) is 9.96. The van der Waals surface area contributed by atoms with Crippen LogP contribution < -0.4 is 15.9 Å². The molecular weight excluding hydrogens is 479 g/mol. The Labute approximate surface area is 218 Å². The van der Waals surface area contributed by atoms with E-state index in [1.165, 1.54) is 0 Å². The summed E-state index contributed by atoms with van der Waals surface area (Å²) in [5, 5.41) is 3.13. The van der Waals surface area contributed by atoms with Gasteiger partial charge in [0, 0.05) is 5.30 Å². The van der Waals surface area contributed by atoms with Crippen molar-refractivity contribution in [1.29, 1.82) is 0 Å². The van der Waals surface area contributed by atoms with Crippen LogP contribution in [-0.4, -0.2) is 8.42 Å². The minimum atomic E-state index is -3.84. The van der Waals surface area contributed by atoms with Crippen LogP contribution in [0.4, 0.5) is 0 Å². The molecule has 0 aliphatic heterocycles. The van der Waals surface area contributed by atoms with Crippen LogP contribution in [0.25, 0.3) is 0 Å². The van der Waals surface area contributed by atoms with Gasteiger partial charge in [0.25, 0.3) is 0 Å². The van der Waals surface area contributed by atoms with E-state index in [1.807, 2.05) is 72.8 Å². The third-order valence-electron chi connectivity index (χ3n) is 6.33. The van der Waals surface area contributed by atoms with E-state index >= 15 is 0 Å². The molecule has 0 unspecified atom stereocenters. The van der Waals surface area contributed by atoms with Gasteiger partial charge in [-0.25, -0.2) is 8.42 Å². The fraction of sp³-hybridized carbons (Fsp3) is 0.250. The second-order valence-corrected chi connectivity index (χ2v) is 15.2. The van der Waals surface area contributed by atoms with Crippen LogP contribution in [0, 0.1) is 0 Å². The van der Waals surface area contributed by atoms with Crippen LogP contribution in [0.5, 0.6) is 0 Å². The molecule has 0 aliphatic rings. The normalized spacial score (nSPS) is 12.6. The lowest BCUT2D eigenvalue weighted by atomic mass is 9.87. The third kappa shape index (κ3) is 5.19. The van der Waals surface area contributed by atoms with Gasteiger partial charge in [0.1, 0.15) is 0 Å². The molecular formula is C32H35O2PS. The summed E-state index contributed by atoms with van der Waals surface area (Å²) < 4.78 is 29.5. The molecule has 0 fully saturated rings. The Bertz CT molecular complexity index is 1410. The first kappa shape index (κ1) is 26.3. The summed E-state index contributed by atoms with van der Waals surface area (Å²) in [5.41, 5.74) is 1.01. The lowest BCUT2D eigenvalue weighted by Gasteiger charge is -2.30. The van der Waals surface area contributed by atoms with E-state index in [4.69, 9.17) is 0 Å². The van der Waals surface area contributed by atoms with Gasteiger partial charge in [0.05, 0.1) is 9.79 Å². The number of benzene rings is 4. The van der Waals surface area contributed by atoms with Crippen LogP contribution >= 0.6 is 7.92 Å². The number of hydrogen-bond donors (Lipinski definition) is 0. The van der Waals surface area contributed by atoms with Crippen molar-refractivity contribution in [3.8, 4) is 0 Å². The van der Waals surface area contributed by atoms with Crippen LogP contribution in [0.2, 0.25) is 0 Å². The van der Waals surface area contributed by atoms with E-state index in [1.54, 1.807) is 6.07 Å². The highest BCUT2D eigenvalue weighted by molar-refractivity contribution is 7.93. The Morgan fingerprint density at radius 1 is 0.528 bits per heavy atom. The molecule has 4 aromatic carbocycles. The summed E-state index contributed by atoms with van der Waals surface area (Å²) in [5.74, 6) is 0. The average molecular weight is 515 g/mol. The molecule has 0 bridgehead atoms. The van der Waals surface area contributed by atoms with Gasteiger partial charge in [-0.2, -0.15) is 0 Å². The molecule has 0 aliphatic carbocycles. The smallest absolute Gasteiger partial charge is 0.207 e. The van der Waals surface area contributed by atoms with E-state index in [2.05, 4.69) is 65.8 Å². The van der Waals surface area contributed by atoms with Crippen molar-refractivity contribution in [1.82, 2.24) is 0 Å². The van der Waals surface area contributed by atoms with Gasteiger partial charge in [-0.05, 0) is 46.6 Å². The quantitative estimate of drug-likeness (QED) is 0.272. The molecule has 0 spiro atoms. The summed E-state index contributed by atoms with van der Waals surface area (Å²) in [6.07, 6.45) is 0. The summed E-state index contributed by atoms with van der Waals surface area (Å²) in [7, 11) is -4.94. The predicted octanol–water partition coefficient (Wildman–Crippen LogP) is 6.87. The van der Waals surface area contributed by atoms with Gasteiger partial charge in [0.2, 0.25) is 9.84 Å². The van der Waals surface area contributed by atoms with Crippen molar-refractivity contribution in [2.75, 3.05) is 0 Å². The number of sulfone groups is 1. The largest absolute Gasteiger partial charge is 0.218 e. The molecule has 4 heteroatoms. The Morgan fingerprint density at radius 2 is 0.972 bits per heavy atom. The third-order valence-corrected chi connectivity index (χ3v) is 10.9. The Morgan fingerprint density at radius 3 is 1.47 bits per heavy atom. The summed E-state index contributed by atoms with van der Waals surface area (Å²) in [4.78, 5) is 0.847. The van der Waals surface area contributed by atoms with Gasteiger partial charge >= 0.3 is 0 Å². The van der Waals surface area contributed by atoms with E-state index in [9.17, 15) is 8.42 Å². The molecule has 0 amide bonds. The predicted molar refractivity (Wildman–Crippen MR) is 154 cm³/mol. The highest BCUT2D eigenvalue weighted by Gasteiger charge is 2.35. The lowest BCUT2D eigenvalue weighted by Crippen LogP contribution is -2.30. The maximum absolute atomic E-state index is 14.8. The standard InChI is InChI=1S/C32H35O2PS/c1-31(2,3)26-20-13-14-23-29(26)36(33,34)30-27(32(4,5)6)21-15-22-28(30)35(24-16-9-7-10-17-24)25-18-11-8-12-19-25/h7-23H,1-6H3. The molecule has 0 aromatic heterocycles. The van der Waals surface area contributed by atoms with Gasteiger partial charge in [-0.15, -0.1) is 0 Å². The van der Waals surface area contributed by atoms with Gasteiger partial charge < -0.3 is 0 Å². The van der Waals surface area contributed by atoms with Crippen molar-refractivity contribution < 1.29 is 8.42 Å². The number of hydrogen-bond acceptors (Lipinski definition) is 2. The second-order valence-electron chi connectivity index (χ2n) is 11.2. The minimum Gasteiger partial charge on any atom is -0.218 e. The monoisotopic (exact) mass is 514 g/mol. The molecule has 4 rings (SSSR count). The molecule has 0 radical (unpaired) electrons. The average Bonchev–Trinajstić information content (AvgIpc) is 2.84. The van der Waals surface area contributed by atoms with Crippen molar-refractivity contribution in [3.63, 3.8) is 0 Å². The first-order chi connectivity index (χ1) is 16.9. The molecule has 0 heterocycles. The minimum absolute atomic E-state index is 0.315. The summed E-state index contributed by atoms with van der Waals surface area (Å²) in [6, 6.07) is 34.1. The molecule has 2 nitrogen and oxygen atoms in total. The van der Waals surface area contributed by atoms with E-state index in [-0.39, 0.29) is 10.8 Å².